The fraction of sp³-hybridized carbons (Fsp3) is 0.559. The Balaban J connectivity index is 1.52. The number of nitrogens with zero attached hydrogens (tertiary/aromatic N) is 1. The quantitative estimate of drug-likeness (QED) is 0.122. The fourth-order valence-electron chi connectivity index (χ4n) is 10.1. The van der Waals surface area contributed by atoms with Gasteiger partial charge in [0, 0.05) is 50.7 Å². The SMILES string of the molecule is CC(C)C[C@@H]1NC(=O)[C@H](CCCN)NC(=O)[C@@H](C)[C@H](O)[C@@H](C)[C@H](O)CNC(=O)[C@@H](C)[C@H](O)[C@H](C)[C@H](O)CNC(=O)[C@@H](Cc2ccccc2)NC(=O)[C@H](Cc2ccccc2)NC(=O)[C@@H]2CCCN2C(=O)[C@@H](Cc2ccccc2)NC1=O. The number of aliphatic hydroxyl groups excluding tert-OH is 4. The number of β-amino-alcohol motifs (C(OH)–C–C–N with tert-alkyl or cyclic N) is 2. The number of fused-ring (bicyclic) bond motifs is 1. The molecule has 2 aliphatic heterocycles. The molecule has 21 nitrogen and oxygen atoms in total. The fourth-order valence-corrected chi connectivity index (χ4v) is 10.1. The number of rotatable bonds is 11. The predicted octanol–water partition coefficient (Wildman–Crippen LogP) is 0.149. The van der Waals surface area contributed by atoms with Crippen molar-refractivity contribution in [2.45, 2.75) is 154 Å². The van der Waals surface area contributed by atoms with E-state index in [0.29, 0.717) is 23.1 Å². The Bertz CT molecular complexity index is 2510. The van der Waals surface area contributed by atoms with Gasteiger partial charge in [0.2, 0.25) is 47.3 Å². The van der Waals surface area contributed by atoms with E-state index < -0.39 is 145 Å². The average molecular weight is 1110 g/mol. The van der Waals surface area contributed by atoms with Crippen LogP contribution in [0.15, 0.2) is 91.0 Å². The second kappa shape index (κ2) is 31.3. The van der Waals surface area contributed by atoms with E-state index in [-0.39, 0.29) is 64.0 Å². The monoisotopic (exact) mass is 1110 g/mol. The van der Waals surface area contributed by atoms with Crippen molar-refractivity contribution in [2.75, 3.05) is 26.2 Å². The molecule has 2 heterocycles. The van der Waals surface area contributed by atoms with Gasteiger partial charge in [0.1, 0.15) is 36.3 Å². The van der Waals surface area contributed by atoms with Crippen LogP contribution in [0.3, 0.4) is 0 Å². The minimum absolute atomic E-state index is 0.000495. The van der Waals surface area contributed by atoms with Crippen molar-refractivity contribution >= 4 is 47.3 Å². The number of amides is 8. The molecule has 8 amide bonds. The summed E-state index contributed by atoms with van der Waals surface area (Å²) in [6.45, 7) is 9.00. The van der Waals surface area contributed by atoms with Crippen LogP contribution in [-0.2, 0) is 57.6 Å². The Morgan fingerprint density at radius 2 is 0.912 bits per heavy atom. The number of carbonyl (C=O) groups excluding carboxylic acids is 8. The third-order valence-electron chi connectivity index (χ3n) is 15.4. The summed E-state index contributed by atoms with van der Waals surface area (Å²) < 4.78 is 0. The molecule has 0 bridgehead atoms. The second-order valence-corrected chi connectivity index (χ2v) is 22.0. The number of aliphatic hydroxyl groups is 4. The summed E-state index contributed by atoms with van der Waals surface area (Å²) in [6, 6.07) is 19.5. The van der Waals surface area contributed by atoms with E-state index in [1.54, 1.807) is 91.0 Å². The van der Waals surface area contributed by atoms with Crippen LogP contribution in [0.2, 0.25) is 0 Å². The molecule has 3 aromatic carbocycles. The predicted molar refractivity (Wildman–Crippen MR) is 299 cm³/mol. The van der Waals surface area contributed by atoms with Gasteiger partial charge >= 0.3 is 0 Å². The zero-order chi connectivity index (χ0) is 58.6. The summed E-state index contributed by atoms with van der Waals surface area (Å²) in [4.78, 5) is 116. The first kappa shape index (κ1) is 64.0. The van der Waals surface area contributed by atoms with E-state index in [2.05, 4.69) is 37.2 Å². The lowest BCUT2D eigenvalue weighted by Crippen LogP contribution is -2.60. The van der Waals surface area contributed by atoms with Crippen molar-refractivity contribution in [3.8, 4) is 0 Å². The van der Waals surface area contributed by atoms with Gasteiger partial charge in [0.05, 0.1) is 36.3 Å². The van der Waals surface area contributed by atoms with Gasteiger partial charge in [-0.1, -0.05) is 133 Å². The van der Waals surface area contributed by atoms with E-state index in [4.69, 9.17) is 5.73 Å². The van der Waals surface area contributed by atoms with E-state index in [1.807, 2.05) is 13.8 Å². The maximum Gasteiger partial charge on any atom is 0.246 e. The maximum atomic E-state index is 15.0. The number of hydrogen-bond acceptors (Lipinski definition) is 13. The molecule has 438 valence electrons. The Labute approximate surface area is 469 Å². The number of nitrogens with two attached hydrogens (primary N) is 1. The number of carbonyl (C=O) groups is 8. The third kappa shape index (κ3) is 18.7. The molecule has 0 aliphatic carbocycles. The smallest absolute Gasteiger partial charge is 0.246 e. The van der Waals surface area contributed by atoms with Crippen molar-refractivity contribution in [2.24, 2.45) is 35.3 Å². The van der Waals surface area contributed by atoms with Crippen LogP contribution < -0.4 is 43.0 Å². The van der Waals surface area contributed by atoms with Crippen molar-refractivity contribution in [3.05, 3.63) is 108 Å². The van der Waals surface area contributed by atoms with Crippen molar-refractivity contribution in [1.82, 2.24) is 42.1 Å². The number of nitrogens with one attached hydrogen (secondary N) is 7. The zero-order valence-corrected chi connectivity index (χ0v) is 46.9. The topological polar surface area (TPSA) is 331 Å². The highest BCUT2D eigenvalue weighted by Crippen LogP contribution is 2.23. The van der Waals surface area contributed by atoms with Gasteiger partial charge in [0.25, 0.3) is 0 Å². The van der Waals surface area contributed by atoms with Crippen LogP contribution in [0.1, 0.15) is 90.3 Å². The van der Waals surface area contributed by atoms with Crippen LogP contribution in [-0.4, -0.2) is 159 Å². The van der Waals surface area contributed by atoms with E-state index >= 15 is 0 Å². The van der Waals surface area contributed by atoms with Crippen molar-refractivity contribution < 1.29 is 58.8 Å². The van der Waals surface area contributed by atoms with Crippen molar-refractivity contribution in [3.63, 3.8) is 0 Å². The largest absolute Gasteiger partial charge is 0.392 e. The highest BCUT2D eigenvalue weighted by Gasteiger charge is 2.41. The summed E-state index contributed by atoms with van der Waals surface area (Å²) in [7, 11) is 0. The van der Waals surface area contributed by atoms with Crippen LogP contribution >= 0.6 is 0 Å². The van der Waals surface area contributed by atoms with Crippen molar-refractivity contribution in [1.29, 1.82) is 0 Å². The molecule has 2 fully saturated rings. The molecule has 13 N–H and O–H groups in total. The molecule has 2 saturated heterocycles. The molecule has 3 aromatic rings. The van der Waals surface area contributed by atoms with Gasteiger partial charge in [-0.15, -0.1) is 0 Å². The lowest BCUT2D eigenvalue weighted by molar-refractivity contribution is -0.142. The van der Waals surface area contributed by atoms with Crippen LogP contribution in [0, 0.1) is 29.6 Å². The normalized spacial score (nSPS) is 30.0. The number of hydrogen-bond donors (Lipinski definition) is 12. The van der Waals surface area contributed by atoms with E-state index in [1.165, 1.54) is 32.6 Å². The molecule has 21 heteroatoms. The van der Waals surface area contributed by atoms with Gasteiger partial charge in [-0.3, -0.25) is 38.4 Å². The van der Waals surface area contributed by atoms with Gasteiger partial charge in [-0.05, 0) is 61.3 Å². The molecule has 0 radical (unpaired) electrons. The van der Waals surface area contributed by atoms with E-state index in [9.17, 15) is 58.8 Å². The molecular weight excluding hydrogens is 1030 g/mol. The highest BCUT2D eigenvalue weighted by atomic mass is 16.3. The maximum absolute atomic E-state index is 15.0. The molecule has 0 unspecified atom stereocenters. The average Bonchev–Trinajstić information content (AvgIpc) is 3.95. The minimum atomic E-state index is -1.49. The Morgan fingerprint density at radius 3 is 1.41 bits per heavy atom. The summed E-state index contributed by atoms with van der Waals surface area (Å²) in [5, 5.41) is 64.4. The first-order valence-corrected chi connectivity index (χ1v) is 28.0. The summed E-state index contributed by atoms with van der Waals surface area (Å²) in [6.07, 6.45) is -4.64. The Morgan fingerprint density at radius 1 is 0.512 bits per heavy atom. The lowest BCUT2D eigenvalue weighted by Gasteiger charge is -2.32. The summed E-state index contributed by atoms with van der Waals surface area (Å²) in [5.41, 5.74) is 7.89. The second-order valence-electron chi connectivity index (χ2n) is 22.0. The highest BCUT2D eigenvalue weighted by molar-refractivity contribution is 5.97. The molecule has 14 atom stereocenters. The number of benzene rings is 3. The van der Waals surface area contributed by atoms with Gasteiger partial charge in [-0.2, -0.15) is 0 Å². The first-order valence-electron chi connectivity index (χ1n) is 28.0. The van der Waals surface area contributed by atoms with Gasteiger partial charge in [-0.25, -0.2) is 0 Å². The Hall–Kier alpha value is -6.78. The zero-order valence-electron chi connectivity index (χ0n) is 46.9. The first-order chi connectivity index (χ1) is 38.1. The summed E-state index contributed by atoms with van der Waals surface area (Å²) >= 11 is 0. The van der Waals surface area contributed by atoms with Crippen LogP contribution in [0.4, 0.5) is 0 Å². The molecular formula is C59H85N9O12. The molecule has 5 rings (SSSR count). The molecule has 2 aliphatic rings. The lowest BCUT2D eigenvalue weighted by atomic mass is 9.87. The third-order valence-corrected chi connectivity index (χ3v) is 15.4. The van der Waals surface area contributed by atoms with Crippen LogP contribution in [0.5, 0.6) is 0 Å². The minimum Gasteiger partial charge on any atom is -0.392 e. The van der Waals surface area contributed by atoms with Gasteiger partial charge in [0.15, 0.2) is 0 Å². The standard InChI is InChI=1S/C59H85N9O12/c1-34(2)28-43-56(77)67-46(31-41-22-14-9-15-23-41)59(80)68-27-17-25-47(68)58(79)66-45(30-40-20-12-8-13-21-40)57(78)65-44(29-39-18-10-7-11-19-39)54(75)62-33-49(70)35(3)50(71)37(5)52(73)61-32-48(69)36(4)51(72)38(6)53(74)63-42(24-16-26-60)55(76)64-43/h7-15,18-23,34-38,42-51,69-72H,16-17,24-33,60H2,1-6H3,(H,61,73)(H,62,75)(H,63,74)(H,64,76)(H,65,78)(H,66,79)(H,67,77)/t35-,36+,37+,38+,42+,43+,44-,45+,46-,47+,48-,49-,50-,51-/m1/s1. The molecule has 0 spiro atoms. The molecule has 80 heavy (non-hydrogen) atoms. The van der Waals surface area contributed by atoms with Gasteiger partial charge < -0.3 is 68.3 Å². The van der Waals surface area contributed by atoms with E-state index in [0.717, 1.165) is 0 Å². The molecule has 0 saturated carbocycles. The van der Waals surface area contributed by atoms with Crippen LogP contribution in [0.25, 0.3) is 0 Å². The summed E-state index contributed by atoms with van der Waals surface area (Å²) in [5.74, 6) is -9.99. The molecule has 0 aromatic heterocycles. The Kier molecular flexibility index (Phi) is 25.0.